The predicted octanol–water partition coefficient (Wildman–Crippen LogP) is 1.67. The van der Waals surface area contributed by atoms with Crippen molar-refractivity contribution in [2.75, 3.05) is 65.9 Å². The first-order valence-corrected chi connectivity index (χ1v) is 16.4. The van der Waals surface area contributed by atoms with Gasteiger partial charge in [-0.1, -0.05) is 45.0 Å². The predicted molar refractivity (Wildman–Crippen MR) is 181 cm³/mol. The van der Waals surface area contributed by atoms with Crippen LogP contribution < -0.4 is 16.4 Å². The second-order valence-corrected chi connectivity index (χ2v) is 13.0. The number of halogens is 1. The van der Waals surface area contributed by atoms with Crippen molar-refractivity contribution in [2.45, 2.75) is 58.8 Å². The van der Waals surface area contributed by atoms with Gasteiger partial charge in [0.25, 0.3) is 0 Å². The minimum absolute atomic E-state index is 0. The molecular weight excluding hydrogens is 650 g/mol. The molecule has 1 aromatic heterocycles. The van der Waals surface area contributed by atoms with Gasteiger partial charge < -0.3 is 45.3 Å². The first-order chi connectivity index (χ1) is 22.0. The van der Waals surface area contributed by atoms with Gasteiger partial charge >= 0.3 is 0 Å². The maximum absolute atomic E-state index is 13.7. The number of amides is 3. The number of rotatable bonds is 19. The van der Waals surface area contributed by atoms with E-state index in [1.165, 1.54) is 4.90 Å². The summed E-state index contributed by atoms with van der Waals surface area (Å²) in [5.74, 6) is -1.26. The maximum atomic E-state index is 13.7. The van der Waals surface area contributed by atoms with Crippen LogP contribution in [0.1, 0.15) is 38.4 Å². The summed E-state index contributed by atoms with van der Waals surface area (Å²) in [7, 11) is 0. The van der Waals surface area contributed by atoms with Gasteiger partial charge in [-0.3, -0.25) is 14.4 Å². The zero-order valence-corrected chi connectivity index (χ0v) is 29.3. The third-order valence-corrected chi connectivity index (χ3v) is 8.30. The zero-order chi connectivity index (χ0) is 33.5. The molecule has 1 aliphatic heterocycles. The fourth-order valence-corrected chi connectivity index (χ4v) is 5.70. The Bertz CT molecular complexity index is 1240. The van der Waals surface area contributed by atoms with Gasteiger partial charge in [-0.15, -0.1) is 23.7 Å². The van der Waals surface area contributed by atoms with Crippen LogP contribution in [-0.2, 0) is 39.9 Å². The Morgan fingerprint density at radius 1 is 1.02 bits per heavy atom. The molecule has 0 saturated carbocycles. The molecule has 3 amide bonds. The van der Waals surface area contributed by atoms with Gasteiger partial charge in [-0.05, 0) is 23.5 Å². The number of hydrogen-bond donors (Lipinski definition) is 4. The van der Waals surface area contributed by atoms with Gasteiger partial charge in [0.15, 0.2) is 0 Å². The lowest BCUT2D eigenvalue weighted by molar-refractivity contribution is -0.144. The number of likely N-dealkylation sites (tertiary alicyclic amines) is 1. The molecule has 1 fully saturated rings. The third kappa shape index (κ3) is 13.4. The van der Waals surface area contributed by atoms with Gasteiger partial charge in [0, 0.05) is 26.1 Å². The Morgan fingerprint density at radius 3 is 2.17 bits per heavy atom. The highest BCUT2D eigenvalue weighted by molar-refractivity contribution is 7.13. The van der Waals surface area contributed by atoms with Crippen LogP contribution in [-0.4, -0.2) is 117 Å². The van der Waals surface area contributed by atoms with E-state index in [0.29, 0.717) is 39.6 Å². The average molecular weight is 700 g/mol. The molecule has 2 aromatic rings. The van der Waals surface area contributed by atoms with Crippen LogP contribution in [0, 0.1) is 12.3 Å². The largest absolute Gasteiger partial charge is 0.391 e. The molecule has 1 saturated heterocycles. The number of hydrogen-bond acceptors (Lipinski definition) is 11. The normalized spacial score (nSPS) is 16.9. The van der Waals surface area contributed by atoms with E-state index in [2.05, 4.69) is 15.6 Å². The summed E-state index contributed by atoms with van der Waals surface area (Å²) in [6.45, 7) is 10.6. The van der Waals surface area contributed by atoms with E-state index >= 15 is 0 Å². The van der Waals surface area contributed by atoms with Crippen molar-refractivity contribution >= 4 is 41.5 Å². The van der Waals surface area contributed by atoms with Gasteiger partial charge in [0.2, 0.25) is 17.7 Å². The fraction of sp³-hybridized carbons (Fsp3) is 0.625. The number of aliphatic hydroxyl groups excluding tert-OH is 1. The summed E-state index contributed by atoms with van der Waals surface area (Å²) >= 11 is 1.58. The highest BCUT2D eigenvalue weighted by Gasteiger charge is 2.44. The smallest absolute Gasteiger partial charge is 0.246 e. The molecule has 1 aromatic carbocycles. The van der Waals surface area contributed by atoms with Gasteiger partial charge in [-0.2, -0.15) is 0 Å². The van der Waals surface area contributed by atoms with E-state index < -0.39 is 35.4 Å². The monoisotopic (exact) mass is 699 g/mol. The molecule has 264 valence electrons. The Morgan fingerprint density at radius 2 is 1.62 bits per heavy atom. The number of carbonyl (C=O) groups excluding carboxylic acids is 3. The van der Waals surface area contributed by atoms with Crippen LogP contribution >= 0.6 is 23.7 Å². The molecule has 0 aliphatic carbocycles. The second-order valence-electron chi connectivity index (χ2n) is 12.1. The Hall–Kier alpha value is -2.69. The number of benzene rings is 1. The SMILES string of the molecule is Cc1ncsc1-c1ccc(CNC(=O)C2CC(O)CN2C(=O)C(NC(=O)COCCOCCOCCOCCN)C(C)(C)C)cc1.Cl. The molecular formula is C32H50ClN5O8S. The lowest BCUT2D eigenvalue weighted by Crippen LogP contribution is -2.58. The summed E-state index contributed by atoms with van der Waals surface area (Å²) in [5.41, 5.74) is 9.42. The molecule has 3 rings (SSSR count). The zero-order valence-electron chi connectivity index (χ0n) is 27.7. The molecule has 2 heterocycles. The van der Waals surface area contributed by atoms with E-state index in [1.807, 2.05) is 57.5 Å². The van der Waals surface area contributed by atoms with Crippen LogP contribution in [0.25, 0.3) is 10.4 Å². The van der Waals surface area contributed by atoms with Crippen molar-refractivity contribution in [1.29, 1.82) is 0 Å². The van der Waals surface area contributed by atoms with Crippen molar-refractivity contribution < 1.29 is 38.4 Å². The highest BCUT2D eigenvalue weighted by Crippen LogP contribution is 2.28. The van der Waals surface area contributed by atoms with E-state index in [4.69, 9.17) is 24.7 Å². The van der Waals surface area contributed by atoms with Crippen LogP contribution in [0.4, 0.5) is 0 Å². The number of aliphatic hydroxyl groups is 1. The molecule has 3 unspecified atom stereocenters. The Balaban J connectivity index is 0.00000768. The Kier molecular flexibility index (Phi) is 17.8. The van der Waals surface area contributed by atoms with Crippen LogP contribution in [0.5, 0.6) is 0 Å². The van der Waals surface area contributed by atoms with Crippen molar-refractivity contribution in [3.8, 4) is 10.4 Å². The lowest BCUT2D eigenvalue weighted by Gasteiger charge is -2.35. The highest BCUT2D eigenvalue weighted by atomic mass is 35.5. The maximum Gasteiger partial charge on any atom is 0.246 e. The number of aryl methyl sites for hydroxylation is 1. The fourth-order valence-electron chi connectivity index (χ4n) is 4.89. The number of β-amino-alcohol motifs (C(OH)–C–C–N with tert-alkyl or cyclic N) is 1. The van der Waals surface area contributed by atoms with Crippen molar-refractivity contribution in [3.05, 3.63) is 41.0 Å². The molecule has 15 heteroatoms. The molecule has 0 spiro atoms. The number of carbonyl (C=O) groups is 3. The topological polar surface area (TPSA) is 175 Å². The van der Waals surface area contributed by atoms with Crippen LogP contribution in [0.3, 0.4) is 0 Å². The summed E-state index contributed by atoms with van der Waals surface area (Å²) in [5, 5.41) is 16.1. The lowest BCUT2D eigenvalue weighted by atomic mass is 9.85. The first-order valence-electron chi connectivity index (χ1n) is 15.6. The van der Waals surface area contributed by atoms with E-state index in [1.54, 1.807) is 11.3 Å². The van der Waals surface area contributed by atoms with Crippen molar-refractivity contribution in [2.24, 2.45) is 11.1 Å². The van der Waals surface area contributed by atoms with Gasteiger partial charge in [0.05, 0.1) is 68.4 Å². The summed E-state index contributed by atoms with van der Waals surface area (Å²) < 4.78 is 21.5. The number of thiazole rings is 1. The average Bonchev–Trinajstić information content (AvgIpc) is 3.63. The molecule has 47 heavy (non-hydrogen) atoms. The standard InChI is InChI=1S/C32H49N5O8S.ClH/c1-22-28(46-21-35-22)24-7-5-23(6-8-24)18-34-30(40)26-17-25(38)19-37(26)31(41)29(32(2,3)4)36-27(39)20-45-16-15-44-14-13-43-12-11-42-10-9-33;/h5-8,21,25-26,29,38H,9-20,33H2,1-4H3,(H,34,40)(H,36,39);1H. The summed E-state index contributed by atoms with van der Waals surface area (Å²) in [6, 6.07) is 6.07. The summed E-state index contributed by atoms with van der Waals surface area (Å²) in [6.07, 6.45) is -0.737. The first kappa shape index (κ1) is 40.5. The molecule has 3 atom stereocenters. The van der Waals surface area contributed by atoms with Crippen LogP contribution in [0.2, 0.25) is 0 Å². The molecule has 1 aliphatic rings. The molecule has 5 N–H and O–H groups in total. The minimum Gasteiger partial charge on any atom is -0.391 e. The number of ether oxygens (including phenoxy) is 4. The quantitative estimate of drug-likeness (QED) is 0.158. The van der Waals surface area contributed by atoms with Gasteiger partial charge in [0.1, 0.15) is 18.7 Å². The second kappa shape index (κ2) is 20.6. The van der Waals surface area contributed by atoms with E-state index in [0.717, 1.165) is 21.7 Å². The van der Waals surface area contributed by atoms with E-state index in [-0.39, 0.29) is 57.6 Å². The molecule has 0 radical (unpaired) electrons. The van der Waals surface area contributed by atoms with Crippen molar-refractivity contribution in [3.63, 3.8) is 0 Å². The van der Waals surface area contributed by atoms with Gasteiger partial charge in [-0.25, -0.2) is 4.98 Å². The van der Waals surface area contributed by atoms with E-state index in [9.17, 15) is 19.5 Å². The molecule has 0 bridgehead atoms. The minimum atomic E-state index is -0.936. The molecule has 13 nitrogen and oxygen atoms in total. The Labute approximate surface area is 287 Å². The number of nitrogens with zero attached hydrogens (tertiary/aromatic N) is 2. The number of aromatic nitrogens is 1. The summed E-state index contributed by atoms with van der Waals surface area (Å²) in [4.78, 5) is 46.5. The third-order valence-electron chi connectivity index (χ3n) is 7.32. The van der Waals surface area contributed by atoms with Crippen molar-refractivity contribution in [1.82, 2.24) is 20.5 Å². The number of nitrogens with one attached hydrogen (secondary N) is 2. The van der Waals surface area contributed by atoms with Crippen LogP contribution in [0.15, 0.2) is 29.8 Å². The number of nitrogens with two attached hydrogens (primary N) is 1.